The fraction of sp³-hybridized carbons (Fsp3) is 0.526. The third-order valence-electron chi connectivity index (χ3n) is 3.86. The van der Waals surface area contributed by atoms with Crippen molar-refractivity contribution in [3.63, 3.8) is 0 Å². The Balaban J connectivity index is 2.80. The van der Waals surface area contributed by atoms with Crippen LogP contribution in [0.4, 0.5) is 4.79 Å². The maximum atomic E-state index is 12.7. The van der Waals surface area contributed by atoms with Crippen LogP contribution in [0.15, 0.2) is 30.3 Å². The average Bonchev–Trinajstić information content (AvgIpc) is 2.49. The molecular weight excluding hydrogens is 322 g/mol. The van der Waals surface area contributed by atoms with Crippen LogP contribution in [0, 0.1) is 17.3 Å². The Morgan fingerprint density at radius 3 is 2.12 bits per heavy atom. The molecular formula is C19H27NO5. The Bertz CT molecular complexity index is 604. The Morgan fingerprint density at radius 1 is 1.12 bits per heavy atom. The quantitative estimate of drug-likeness (QED) is 0.737. The maximum Gasteiger partial charge on any atom is 0.408 e. The van der Waals surface area contributed by atoms with E-state index in [9.17, 15) is 19.5 Å². The van der Waals surface area contributed by atoms with Crippen molar-refractivity contribution in [1.82, 2.24) is 5.32 Å². The molecule has 1 aromatic carbocycles. The van der Waals surface area contributed by atoms with Gasteiger partial charge in [-0.15, -0.1) is 0 Å². The van der Waals surface area contributed by atoms with Crippen molar-refractivity contribution < 1.29 is 24.2 Å². The van der Waals surface area contributed by atoms with Gasteiger partial charge in [-0.1, -0.05) is 65.0 Å². The van der Waals surface area contributed by atoms with Gasteiger partial charge in [0.15, 0.2) is 5.78 Å². The van der Waals surface area contributed by atoms with Crippen LogP contribution in [0.2, 0.25) is 0 Å². The highest BCUT2D eigenvalue weighted by molar-refractivity contribution is 6.02. The van der Waals surface area contributed by atoms with E-state index in [1.54, 1.807) is 34.6 Å². The molecule has 2 N–H and O–H groups in total. The van der Waals surface area contributed by atoms with E-state index in [-0.39, 0.29) is 12.5 Å². The van der Waals surface area contributed by atoms with E-state index in [0.29, 0.717) is 0 Å². The summed E-state index contributed by atoms with van der Waals surface area (Å²) in [6.07, 6.45) is -0.742. The van der Waals surface area contributed by atoms with Gasteiger partial charge in [-0.05, 0) is 16.9 Å². The van der Waals surface area contributed by atoms with E-state index in [4.69, 9.17) is 4.74 Å². The monoisotopic (exact) mass is 349 g/mol. The second kappa shape index (κ2) is 8.65. The average molecular weight is 349 g/mol. The number of carboxylic acid groups (broad SMARTS) is 1. The summed E-state index contributed by atoms with van der Waals surface area (Å²) in [4.78, 5) is 36.3. The standard InChI is InChI=1S/C19H27NO5/c1-12(2)15(16(21)14(17(22)23)19(3,4)5)20-18(24)25-11-13-9-7-6-8-10-13/h6-10,12,14-15H,11H2,1-5H3,(H,20,24)(H,22,23)/t14?,15-/m0/s1. The molecule has 0 saturated heterocycles. The van der Waals surface area contributed by atoms with Gasteiger partial charge in [-0.2, -0.15) is 0 Å². The van der Waals surface area contributed by atoms with Gasteiger partial charge in [-0.3, -0.25) is 9.59 Å². The summed E-state index contributed by atoms with van der Waals surface area (Å²) in [7, 11) is 0. The number of alkyl carbamates (subject to hydrolysis) is 1. The van der Waals surface area contributed by atoms with E-state index in [2.05, 4.69) is 5.32 Å². The fourth-order valence-corrected chi connectivity index (χ4v) is 2.56. The van der Waals surface area contributed by atoms with Crippen LogP contribution < -0.4 is 5.32 Å². The van der Waals surface area contributed by atoms with Gasteiger partial charge in [-0.25, -0.2) is 4.79 Å². The number of aliphatic carboxylic acids is 1. The summed E-state index contributed by atoms with van der Waals surface area (Å²) in [5.74, 6) is -3.19. The Morgan fingerprint density at radius 2 is 1.68 bits per heavy atom. The SMILES string of the molecule is CC(C)[C@H](NC(=O)OCc1ccccc1)C(=O)C(C(=O)O)C(C)(C)C. The lowest BCUT2D eigenvalue weighted by Crippen LogP contribution is -2.51. The number of carbonyl (C=O) groups excluding carboxylic acids is 2. The zero-order valence-electron chi connectivity index (χ0n) is 15.4. The number of nitrogens with one attached hydrogen (secondary N) is 1. The van der Waals surface area contributed by atoms with Crippen LogP contribution in [-0.4, -0.2) is 29.0 Å². The molecule has 1 unspecified atom stereocenters. The number of hydrogen-bond acceptors (Lipinski definition) is 4. The van der Waals surface area contributed by atoms with Gasteiger partial charge >= 0.3 is 12.1 Å². The number of carboxylic acids is 1. The summed E-state index contributed by atoms with van der Waals surface area (Å²) in [6, 6.07) is 8.23. The number of carbonyl (C=O) groups is 3. The van der Waals surface area contributed by atoms with E-state index in [0.717, 1.165) is 5.56 Å². The molecule has 2 atom stereocenters. The minimum absolute atomic E-state index is 0.0767. The highest BCUT2D eigenvalue weighted by Gasteiger charge is 2.42. The number of ether oxygens (including phenoxy) is 1. The number of benzene rings is 1. The first-order valence-electron chi connectivity index (χ1n) is 8.27. The molecule has 0 radical (unpaired) electrons. The van der Waals surface area contributed by atoms with Crippen molar-refractivity contribution in [3.8, 4) is 0 Å². The predicted molar refractivity (Wildman–Crippen MR) is 94.0 cm³/mol. The Hall–Kier alpha value is -2.37. The molecule has 1 amide bonds. The minimum Gasteiger partial charge on any atom is -0.481 e. The van der Waals surface area contributed by atoms with Crippen LogP contribution in [0.5, 0.6) is 0 Å². The molecule has 0 aliphatic carbocycles. The molecule has 0 heterocycles. The first-order valence-corrected chi connectivity index (χ1v) is 8.27. The second-order valence-electron chi connectivity index (χ2n) is 7.47. The summed E-state index contributed by atoms with van der Waals surface area (Å²) in [5.41, 5.74) is 0.0641. The van der Waals surface area contributed by atoms with Crippen LogP contribution >= 0.6 is 0 Å². The molecule has 1 rings (SSSR count). The van der Waals surface area contributed by atoms with E-state index >= 15 is 0 Å². The first-order chi connectivity index (χ1) is 11.5. The van der Waals surface area contributed by atoms with E-state index in [1.165, 1.54) is 0 Å². The summed E-state index contributed by atoms with van der Waals surface area (Å²) >= 11 is 0. The zero-order valence-corrected chi connectivity index (χ0v) is 15.4. The van der Waals surface area contributed by atoms with Crippen molar-refractivity contribution in [1.29, 1.82) is 0 Å². The van der Waals surface area contributed by atoms with Crippen molar-refractivity contribution in [2.24, 2.45) is 17.3 Å². The maximum absolute atomic E-state index is 12.7. The smallest absolute Gasteiger partial charge is 0.408 e. The molecule has 25 heavy (non-hydrogen) atoms. The lowest BCUT2D eigenvalue weighted by atomic mass is 9.75. The summed E-state index contributed by atoms with van der Waals surface area (Å²) in [6.45, 7) is 8.65. The third kappa shape index (κ3) is 6.21. The summed E-state index contributed by atoms with van der Waals surface area (Å²) in [5, 5.41) is 12.0. The number of hydrogen-bond donors (Lipinski definition) is 2. The van der Waals surface area contributed by atoms with Crippen molar-refractivity contribution in [2.45, 2.75) is 47.3 Å². The zero-order chi connectivity index (χ0) is 19.2. The van der Waals surface area contributed by atoms with Gasteiger partial charge in [0.2, 0.25) is 0 Å². The summed E-state index contributed by atoms with van der Waals surface area (Å²) < 4.78 is 5.14. The number of ketones is 1. The molecule has 0 saturated carbocycles. The van der Waals surface area contributed by atoms with Crippen molar-refractivity contribution in [2.75, 3.05) is 0 Å². The van der Waals surface area contributed by atoms with E-state index in [1.807, 2.05) is 30.3 Å². The van der Waals surface area contributed by atoms with Crippen LogP contribution in [-0.2, 0) is 20.9 Å². The Labute approximate surface area is 148 Å². The topological polar surface area (TPSA) is 92.7 Å². The minimum atomic E-state index is -1.21. The molecule has 0 aliphatic heterocycles. The number of rotatable bonds is 7. The van der Waals surface area contributed by atoms with Crippen molar-refractivity contribution in [3.05, 3.63) is 35.9 Å². The first kappa shape index (κ1) is 20.7. The molecule has 0 aromatic heterocycles. The molecule has 1 aromatic rings. The third-order valence-corrected chi connectivity index (χ3v) is 3.86. The lowest BCUT2D eigenvalue weighted by molar-refractivity contribution is -0.151. The largest absolute Gasteiger partial charge is 0.481 e. The lowest BCUT2D eigenvalue weighted by Gasteiger charge is -2.30. The van der Waals surface area contributed by atoms with Gasteiger partial charge in [0.1, 0.15) is 12.5 Å². The highest BCUT2D eigenvalue weighted by atomic mass is 16.5. The van der Waals surface area contributed by atoms with Gasteiger partial charge in [0, 0.05) is 0 Å². The molecule has 6 nitrogen and oxygen atoms in total. The van der Waals surface area contributed by atoms with E-state index < -0.39 is 35.2 Å². The molecule has 0 bridgehead atoms. The normalized spacial score (nSPS) is 13.8. The molecule has 0 spiro atoms. The van der Waals surface area contributed by atoms with Gasteiger partial charge in [0.25, 0.3) is 0 Å². The van der Waals surface area contributed by atoms with Crippen LogP contribution in [0.25, 0.3) is 0 Å². The van der Waals surface area contributed by atoms with Gasteiger partial charge < -0.3 is 15.2 Å². The van der Waals surface area contributed by atoms with Crippen molar-refractivity contribution >= 4 is 17.8 Å². The number of Topliss-reactive ketones (excluding diaryl/α,β-unsaturated/α-hetero) is 1. The second-order valence-corrected chi connectivity index (χ2v) is 7.47. The van der Waals surface area contributed by atoms with Crippen LogP contribution in [0.1, 0.15) is 40.2 Å². The molecule has 0 fully saturated rings. The Kier molecular flexibility index (Phi) is 7.15. The predicted octanol–water partition coefficient (Wildman–Crippen LogP) is 3.25. The van der Waals surface area contributed by atoms with Gasteiger partial charge in [0.05, 0.1) is 6.04 Å². The number of amides is 1. The molecule has 6 heteroatoms. The molecule has 0 aliphatic rings. The highest BCUT2D eigenvalue weighted by Crippen LogP contribution is 2.29. The fourth-order valence-electron chi connectivity index (χ4n) is 2.56. The molecule has 138 valence electrons. The van der Waals surface area contributed by atoms with Crippen LogP contribution in [0.3, 0.4) is 0 Å².